The van der Waals surface area contributed by atoms with Gasteiger partial charge in [0.1, 0.15) is 5.75 Å². The lowest BCUT2D eigenvalue weighted by molar-refractivity contribution is -0.120. The number of hydrogen-bond acceptors (Lipinski definition) is 2. The van der Waals surface area contributed by atoms with Crippen molar-refractivity contribution >= 4 is 22.4 Å². The maximum atomic E-state index is 9.97. The smallest absolute Gasteiger partial charge is 0.298 e. The molecule has 0 amide bonds. The number of halogens is 1. The van der Waals surface area contributed by atoms with E-state index in [1.165, 1.54) is 0 Å². The Morgan fingerprint density at radius 1 is 1.55 bits per heavy atom. The molecule has 0 heterocycles. The van der Waals surface area contributed by atoms with Gasteiger partial charge in [0.25, 0.3) is 6.47 Å². The molecule has 0 saturated heterocycles. The predicted molar refractivity (Wildman–Crippen MR) is 45.6 cm³/mol. The predicted octanol–water partition coefficient (Wildman–Crippen LogP) is 2.29. The number of ether oxygens (including phenoxy) is 1. The minimum absolute atomic E-state index is 0.412. The second kappa shape index (κ2) is 3.53. The SMILES string of the molecule is Cc1ccc(OC=O)c(Br)c1. The Kier molecular flexibility index (Phi) is 2.65. The Morgan fingerprint density at radius 2 is 2.27 bits per heavy atom. The molecule has 58 valence electrons. The standard InChI is InChI=1S/C8H7BrO2/c1-6-2-3-8(11-5-10)7(9)4-6/h2-5H,1H3. The maximum absolute atomic E-state index is 9.97. The van der Waals surface area contributed by atoms with Gasteiger partial charge < -0.3 is 4.74 Å². The Balaban J connectivity index is 2.98. The van der Waals surface area contributed by atoms with Crippen LogP contribution >= 0.6 is 15.9 Å². The summed E-state index contributed by atoms with van der Waals surface area (Å²) in [6.07, 6.45) is 0. The molecule has 1 rings (SSSR count). The van der Waals surface area contributed by atoms with Gasteiger partial charge in [-0.3, -0.25) is 4.79 Å². The number of hydrogen-bond donors (Lipinski definition) is 0. The monoisotopic (exact) mass is 214 g/mol. The summed E-state index contributed by atoms with van der Waals surface area (Å²) in [5, 5.41) is 0. The zero-order valence-electron chi connectivity index (χ0n) is 6.00. The normalized spacial score (nSPS) is 9.27. The van der Waals surface area contributed by atoms with Gasteiger partial charge in [-0.25, -0.2) is 0 Å². The summed E-state index contributed by atoms with van der Waals surface area (Å²) in [5.74, 6) is 0.547. The maximum Gasteiger partial charge on any atom is 0.298 e. The molecule has 0 spiro atoms. The summed E-state index contributed by atoms with van der Waals surface area (Å²) in [6, 6.07) is 5.51. The van der Waals surface area contributed by atoms with Crippen LogP contribution in [0.1, 0.15) is 5.56 Å². The van der Waals surface area contributed by atoms with Crippen LogP contribution in [0.2, 0.25) is 0 Å². The minimum Gasteiger partial charge on any atom is -0.428 e. The highest BCUT2D eigenvalue weighted by molar-refractivity contribution is 9.10. The largest absolute Gasteiger partial charge is 0.428 e. The van der Waals surface area contributed by atoms with Crippen molar-refractivity contribution in [2.24, 2.45) is 0 Å². The van der Waals surface area contributed by atoms with E-state index in [1.807, 2.05) is 19.1 Å². The summed E-state index contributed by atoms with van der Waals surface area (Å²) in [7, 11) is 0. The van der Waals surface area contributed by atoms with E-state index in [0.717, 1.165) is 10.0 Å². The van der Waals surface area contributed by atoms with Gasteiger partial charge in [-0.1, -0.05) is 6.07 Å². The molecule has 0 fully saturated rings. The second-order valence-electron chi connectivity index (χ2n) is 2.15. The molecule has 0 N–H and O–H groups in total. The van der Waals surface area contributed by atoms with Crippen LogP contribution < -0.4 is 4.74 Å². The van der Waals surface area contributed by atoms with Crippen LogP contribution in [-0.4, -0.2) is 6.47 Å². The number of rotatable bonds is 2. The van der Waals surface area contributed by atoms with Crippen molar-refractivity contribution in [1.82, 2.24) is 0 Å². The molecule has 0 aliphatic rings. The fourth-order valence-corrected chi connectivity index (χ4v) is 1.34. The third-order valence-electron chi connectivity index (χ3n) is 1.26. The molecule has 11 heavy (non-hydrogen) atoms. The summed E-state index contributed by atoms with van der Waals surface area (Å²) >= 11 is 3.26. The van der Waals surface area contributed by atoms with Crippen LogP contribution in [0, 0.1) is 6.92 Å². The summed E-state index contributed by atoms with van der Waals surface area (Å²) in [6.45, 7) is 2.38. The van der Waals surface area contributed by atoms with E-state index in [0.29, 0.717) is 12.2 Å². The summed E-state index contributed by atoms with van der Waals surface area (Å²) < 4.78 is 5.46. The van der Waals surface area contributed by atoms with Crippen molar-refractivity contribution < 1.29 is 9.53 Å². The number of benzene rings is 1. The van der Waals surface area contributed by atoms with E-state index >= 15 is 0 Å². The van der Waals surface area contributed by atoms with Crippen LogP contribution in [-0.2, 0) is 4.79 Å². The van der Waals surface area contributed by atoms with Crippen molar-refractivity contribution in [1.29, 1.82) is 0 Å². The molecule has 0 aliphatic carbocycles. The van der Waals surface area contributed by atoms with Gasteiger partial charge in [-0.2, -0.15) is 0 Å². The molecular weight excluding hydrogens is 208 g/mol. The van der Waals surface area contributed by atoms with Gasteiger partial charge in [-0.05, 0) is 40.5 Å². The molecule has 0 aromatic heterocycles. The van der Waals surface area contributed by atoms with E-state index in [-0.39, 0.29) is 0 Å². The zero-order valence-corrected chi connectivity index (χ0v) is 7.59. The van der Waals surface area contributed by atoms with Crippen molar-refractivity contribution in [2.45, 2.75) is 6.92 Å². The van der Waals surface area contributed by atoms with Crippen LogP contribution in [0.15, 0.2) is 22.7 Å². The minimum atomic E-state index is 0.412. The molecule has 0 bridgehead atoms. The number of aryl methyl sites for hydroxylation is 1. The molecule has 0 saturated carbocycles. The van der Waals surface area contributed by atoms with Crippen LogP contribution in [0.3, 0.4) is 0 Å². The molecule has 2 nitrogen and oxygen atoms in total. The fourth-order valence-electron chi connectivity index (χ4n) is 0.753. The van der Waals surface area contributed by atoms with E-state index in [9.17, 15) is 4.79 Å². The molecule has 1 aromatic carbocycles. The first-order valence-electron chi connectivity index (χ1n) is 3.10. The van der Waals surface area contributed by atoms with Crippen LogP contribution in [0.5, 0.6) is 5.75 Å². The van der Waals surface area contributed by atoms with Gasteiger partial charge in [0.15, 0.2) is 0 Å². The van der Waals surface area contributed by atoms with Crippen molar-refractivity contribution in [3.05, 3.63) is 28.2 Å². The lowest BCUT2D eigenvalue weighted by Gasteiger charge is -2.00. The van der Waals surface area contributed by atoms with E-state index < -0.39 is 0 Å². The van der Waals surface area contributed by atoms with Gasteiger partial charge in [-0.15, -0.1) is 0 Å². The van der Waals surface area contributed by atoms with Gasteiger partial charge in [0.2, 0.25) is 0 Å². The zero-order chi connectivity index (χ0) is 8.27. The average Bonchev–Trinajstić information content (AvgIpc) is 1.95. The highest BCUT2D eigenvalue weighted by atomic mass is 79.9. The van der Waals surface area contributed by atoms with Gasteiger partial charge >= 0.3 is 0 Å². The lowest BCUT2D eigenvalue weighted by atomic mass is 10.2. The van der Waals surface area contributed by atoms with E-state index in [1.54, 1.807) is 6.07 Å². The molecule has 0 radical (unpaired) electrons. The van der Waals surface area contributed by atoms with Gasteiger partial charge in [0.05, 0.1) is 4.47 Å². The lowest BCUT2D eigenvalue weighted by Crippen LogP contribution is -1.89. The molecule has 0 atom stereocenters. The highest BCUT2D eigenvalue weighted by Gasteiger charge is 1.98. The summed E-state index contributed by atoms with van der Waals surface area (Å²) in [4.78, 5) is 9.97. The topological polar surface area (TPSA) is 26.3 Å². The van der Waals surface area contributed by atoms with Crippen LogP contribution in [0.4, 0.5) is 0 Å². The Bertz CT molecular complexity index is 271. The third-order valence-corrected chi connectivity index (χ3v) is 1.88. The average molecular weight is 215 g/mol. The fraction of sp³-hybridized carbons (Fsp3) is 0.125. The van der Waals surface area contributed by atoms with Crippen LogP contribution in [0.25, 0.3) is 0 Å². The quantitative estimate of drug-likeness (QED) is 0.707. The van der Waals surface area contributed by atoms with Crippen molar-refractivity contribution in [2.75, 3.05) is 0 Å². The first kappa shape index (κ1) is 8.27. The molecular formula is C8H7BrO2. The number of carbonyl (C=O) groups excluding carboxylic acids is 1. The molecule has 0 aliphatic heterocycles. The van der Waals surface area contributed by atoms with Gasteiger partial charge in [0, 0.05) is 0 Å². The molecule has 3 heteroatoms. The van der Waals surface area contributed by atoms with E-state index in [4.69, 9.17) is 0 Å². The van der Waals surface area contributed by atoms with Crippen molar-refractivity contribution in [3.8, 4) is 5.75 Å². The third kappa shape index (κ3) is 2.05. The molecule has 1 aromatic rings. The van der Waals surface area contributed by atoms with Crippen molar-refractivity contribution in [3.63, 3.8) is 0 Å². The first-order chi connectivity index (χ1) is 5.24. The highest BCUT2D eigenvalue weighted by Crippen LogP contribution is 2.24. The number of carbonyl (C=O) groups is 1. The first-order valence-corrected chi connectivity index (χ1v) is 3.90. The van der Waals surface area contributed by atoms with E-state index in [2.05, 4.69) is 20.7 Å². The summed E-state index contributed by atoms with van der Waals surface area (Å²) in [5.41, 5.74) is 1.12. The molecule has 0 unspecified atom stereocenters. The Labute approximate surface area is 73.3 Å². The Hall–Kier alpha value is -0.830. The second-order valence-corrected chi connectivity index (χ2v) is 3.00. The Morgan fingerprint density at radius 3 is 2.82 bits per heavy atom.